The zero-order valence-electron chi connectivity index (χ0n) is 12.4. The summed E-state index contributed by atoms with van der Waals surface area (Å²) in [6, 6.07) is 0.483. The fourth-order valence-corrected chi connectivity index (χ4v) is 3.83. The molecule has 2 aliphatic rings. The van der Waals surface area contributed by atoms with Crippen LogP contribution < -0.4 is 0 Å². The molecule has 0 aromatic carbocycles. The lowest BCUT2D eigenvalue weighted by atomic mass is 9.78. The van der Waals surface area contributed by atoms with E-state index < -0.39 is 0 Å². The van der Waals surface area contributed by atoms with Gasteiger partial charge in [0.25, 0.3) is 0 Å². The molecule has 2 fully saturated rings. The Morgan fingerprint density at radius 2 is 2.25 bits per heavy atom. The van der Waals surface area contributed by atoms with E-state index in [0.29, 0.717) is 6.04 Å². The lowest BCUT2D eigenvalue weighted by molar-refractivity contribution is -0.115. The highest BCUT2D eigenvalue weighted by atomic mass is 35.5. The first-order valence-electron chi connectivity index (χ1n) is 8.04. The fraction of sp³-hybridized carbons (Fsp3) is 0.812. The lowest BCUT2D eigenvalue weighted by Gasteiger charge is -2.43. The SMILES string of the molecule is CCC(Cl)c1cnn(C2CCOC3(CCCCC3)C2)c1. The molecule has 1 saturated carbocycles. The Hall–Kier alpha value is -0.540. The Kier molecular flexibility index (Phi) is 4.37. The highest BCUT2D eigenvalue weighted by Crippen LogP contribution is 2.42. The minimum atomic E-state index is 0.0900. The summed E-state index contributed by atoms with van der Waals surface area (Å²) in [6.45, 7) is 2.98. The Balaban J connectivity index is 1.71. The average molecular weight is 297 g/mol. The molecule has 2 atom stereocenters. The maximum absolute atomic E-state index is 6.31. The van der Waals surface area contributed by atoms with Crippen molar-refractivity contribution in [3.63, 3.8) is 0 Å². The van der Waals surface area contributed by atoms with Crippen LogP contribution in [0.5, 0.6) is 0 Å². The van der Waals surface area contributed by atoms with Crippen LogP contribution in [0.1, 0.15) is 75.3 Å². The van der Waals surface area contributed by atoms with E-state index in [-0.39, 0.29) is 11.0 Å². The van der Waals surface area contributed by atoms with Crippen LogP contribution in [0, 0.1) is 0 Å². The van der Waals surface area contributed by atoms with Gasteiger partial charge in [0.1, 0.15) is 0 Å². The summed E-state index contributed by atoms with van der Waals surface area (Å²) >= 11 is 6.31. The zero-order valence-corrected chi connectivity index (χ0v) is 13.1. The van der Waals surface area contributed by atoms with Gasteiger partial charge in [-0.3, -0.25) is 4.68 Å². The maximum Gasteiger partial charge on any atom is 0.0703 e. The lowest BCUT2D eigenvalue weighted by Crippen LogP contribution is -2.42. The van der Waals surface area contributed by atoms with E-state index in [1.807, 2.05) is 6.20 Å². The smallest absolute Gasteiger partial charge is 0.0703 e. The molecule has 3 nitrogen and oxygen atoms in total. The van der Waals surface area contributed by atoms with E-state index in [2.05, 4.69) is 22.9 Å². The molecule has 20 heavy (non-hydrogen) atoms. The molecule has 0 bridgehead atoms. The first kappa shape index (κ1) is 14.4. The predicted molar refractivity (Wildman–Crippen MR) is 81.2 cm³/mol. The van der Waals surface area contributed by atoms with Crippen molar-refractivity contribution in [2.45, 2.75) is 75.3 Å². The molecule has 1 aliphatic heterocycles. The molecule has 2 heterocycles. The molecule has 2 unspecified atom stereocenters. The number of rotatable bonds is 3. The van der Waals surface area contributed by atoms with Crippen molar-refractivity contribution in [2.75, 3.05) is 6.61 Å². The molecule has 112 valence electrons. The van der Waals surface area contributed by atoms with Crippen molar-refractivity contribution < 1.29 is 4.74 Å². The van der Waals surface area contributed by atoms with Crippen molar-refractivity contribution in [2.24, 2.45) is 0 Å². The Labute approximate surface area is 126 Å². The predicted octanol–water partition coefficient (Wildman–Crippen LogP) is 4.63. The zero-order chi connectivity index (χ0) is 14.0. The molecule has 1 saturated heterocycles. The van der Waals surface area contributed by atoms with Gasteiger partial charge in [-0.25, -0.2) is 0 Å². The van der Waals surface area contributed by atoms with Gasteiger partial charge in [0.2, 0.25) is 0 Å². The Morgan fingerprint density at radius 1 is 1.45 bits per heavy atom. The number of nitrogens with zero attached hydrogens (tertiary/aromatic N) is 2. The van der Waals surface area contributed by atoms with Gasteiger partial charge in [0.15, 0.2) is 0 Å². The number of halogens is 1. The first-order chi connectivity index (χ1) is 9.72. The highest BCUT2D eigenvalue weighted by Gasteiger charge is 2.39. The summed E-state index contributed by atoms with van der Waals surface area (Å²) in [6.07, 6.45) is 13.7. The number of alkyl halides is 1. The van der Waals surface area contributed by atoms with Gasteiger partial charge in [0.05, 0.1) is 23.2 Å². The second kappa shape index (κ2) is 6.07. The third-order valence-electron chi connectivity index (χ3n) is 4.95. The summed E-state index contributed by atoms with van der Waals surface area (Å²) in [5.74, 6) is 0. The van der Waals surface area contributed by atoms with Crippen LogP contribution in [0.25, 0.3) is 0 Å². The largest absolute Gasteiger partial charge is 0.375 e. The minimum Gasteiger partial charge on any atom is -0.375 e. The third-order valence-corrected chi connectivity index (χ3v) is 5.51. The van der Waals surface area contributed by atoms with E-state index in [0.717, 1.165) is 31.4 Å². The molecule has 1 aromatic heterocycles. The summed E-state index contributed by atoms with van der Waals surface area (Å²) in [5.41, 5.74) is 1.29. The van der Waals surface area contributed by atoms with Crippen molar-refractivity contribution in [3.8, 4) is 0 Å². The molecular weight excluding hydrogens is 272 g/mol. The van der Waals surface area contributed by atoms with Crippen LogP contribution in [0.3, 0.4) is 0 Å². The summed E-state index contributed by atoms with van der Waals surface area (Å²) in [7, 11) is 0. The molecular formula is C16H25ClN2O. The van der Waals surface area contributed by atoms with Gasteiger partial charge in [-0.1, -0.05) is 26.2 Å². The van der Waals surface area contributed by atoms with Crippen molar-refractivity contribution >= 4 is 11.6 Å². The van der Waals surface area contributed by atoms with Gasteiger partial charge in [-0.15, -0.1) is 11.6 Å². The van der Waals surface area contributed by atoms with Crippen LogP contribution >= 0.6 is 11.6 Å². The van der Waals surface area contributed by atoms with Gasteiger partial charge < -0.3 is 4.74 Å². The fourth-order valence-electron chi connectivity index (χ4n) is 3.72. The topological polar surface area (TPSA) is 27.1 Å². The molecule has 0 N–H and O–H groups in total. The second-order valence-electron chi connectivity index (χ2n) is 6.37. The quantitative estimate of drug-likeness (QED) is 0.761. The number of ether oxygens (including phenoxy) is 1. The van der Waals surface area contributed by atoms with Crippen LogP contribution in [-0.4, -0.2) is 22.0 Å². The van der Waals surface area contributed by atoms with Gasteiger partial charge in [-0.2, -0.15) is 5.10 Å². The van der Waals surface area contributed by atoms with Gasteiger partial charge in [-0.05, 0) is 32.1 Å². The van der Waals surface area contributed by atoms with Crippen molar-refractivity contribution in [3.05, 3.63) is 18.0 Å². The van der Waals surface area contributed by atoms with Crippen LogP contribution in [0.4, 0.5) is 0 Å². The van der Waals surface area contributed by atoms with Crippen molar-refractivity contribution in [1.82, 2.24) is 9.78 Å². The average Bonchev–Trinajstić information content (AvgIpc) is 2.97. The first-order valence-corrected chi connectivity index (χ1v) is 8.48. The Bertz CT molecular complexity index is 434. The Morgan fingerprint density at radius 3 is 3.00 bits per heavy atom. The molecule has 4 heteroatoms. The summed E-state index contributed by atoms with van der Waals surface area (Å²) in [5, 5.41) is 4.65. The summed E-state index contributed by atoms with van der Waals surface area (Å²) < 4.78 is 8.30. The normalized spacial score (nSPS) is 27.6. The van der Waals surface area contributed by atoms with E-state index in [1.165, 1.54) is 32.1 Å². The molecule has 1 aliphatic carbocycles. The molecule has 0 amide bonds. The van der Waals surface area contributed by atoms with E-state index in [9.17, 15) is 0 Å². The highest BCUT2D eigenvalue weighted by molar-refractivity contribution is 6.20. The molecule has 0 radical (unpaired) electrons. The minimum absolute atomic E-state index is 0.0900. The maximum atomic E-state index is 6.31. The third kappa shape index (κ3) is 2.89. The van der Waals surface area contributed by atoms with Crippen LogP contribution in [0.15, 0.2) is 12.4 Å². The monoisotopic (exact) mass is 296 g/mol. The number of hydrogen-bond donors (Lipinski definition) is 0. The number of aromatic nitrogens is 2. The van der Waals surface area contributed by atoms with Gasteiger partial charge in [0, 0.05) is 18.4 Å². The molecule has 1 aromatic rings. The molecule has 1 spiro atoms. The van der Waals surface area contributed by atoms with Crippen LogP contribution in [-0.2, 0) is 4.74 Å². The molecule has 3 rings (SSSR count). The van der Waals surface area contributed by atoms with E-state index >= 15 is 0 Å². The standard InChI is InChI=1S/C16H25ClN2O/c1-2-15(17)13-11-18-19(12-13)14-6-9-20-16(10-14)7-4-3-5-8-16/h11-12,14-15H,2-10H2,1H3. The van der Waals surface area contributed by atoms with E-state index in [1.54, 1.807) is 0 Å². The second-order valence-corrected chi connectivity index (χ2v) is 6.90. The summed E-state index contributed by atoms with van der Waals surface area (Å²) in [4.78, 5) is 0. The van der Waals surface area contributed by atoms with Crippen LogP contribution in [0.2, 0.25) is 0 Å². The number of hydrogen-bond acceptors (Lipinski definition) is 2. The van der Waals surface area contributed by atoms with Crippen molar-refractivity contribution in [1.29, 1.82) is 0 Å². The van der Waals surface area contributed by atoms with Gasteiger partial charge >= 0.3 is 0 Å². The van der Waals surface area contributed by atoms with E-state index in [4.69, 9.17) is 16.3 Å².